The second kappa shape index (κ2) is 6.25. The zero-order chi connectivity index (χ0) is 16.7. The van der Waals surface area contributed by atoms with Gasteiger partial charge in [0.1, 0.15) is 12.2 Å². The first-order valence-electron chi connectivity index (χ1n) is 8.48. The summed E-state index contributed by atoms with van der Waals surface area (Å²) in [4.78, 5) is 24.6. The highest BCUT2D eigenvalue weighted by molar-refractivity contribution is 6.30. The standard InChI is InChI=1S/C19H19ClO4/c20-13-5-3-11(4-6-13)16-10-23-17-9-14(7-8-15(17)18(16)21)24-19(22)12-1-2-12/h3-6,10,12,14-15,17H,1-2,7-9H2. The van der Waals surface area contributed by atoms with E-state index in [1.807, 2.05) is 12.1 Å². The number of hydrogen-bond acceptors (Lipinski definition) is 4. The van der Waals surface area contributed by atoms with Gasteiger partial charge in [-0.2, -0.15) is 0 Å². The van der Waals surface area contributed by atoms with Crippen molar-refractivity contribution in [3.8, 4) is 0 Å². The molecule has 3 unspecified atom stereocenters. The molecule has 5 heteroatoms. The van der Waals surface area contributed by atoms with E-state index >= 15 is 0 Å². The number of benzene rings is 1. The second-order valence-corrected chi connectivity index (χ2v) is 7.27. The predicted octanol–water partition coefficient (Wildman–Crippen LogP) is 3.77. The Morgan fingerprint density at radius 2 is 1.88 bits per heavy atom. The van der Waals surface area contributed by atoms with E-state index in [2.05, 4.69) is 0 Å². The summed E-state index contributed by atoms with van der Waals surface area (Å²) < 4.78 is 11.4. The Hall–Kier alpha value is -1.81. The van der Waals surface area contributed by atoms with E-state index in [4.69, 9.17) is 21.1 Å². The smallest absolute Gasteiger partial charge is 0.309 e. The molecule has 2 saturated carbocycles. The van der Waals surface area contributed by atoms with Gasteiger partial charge in [0.15, 0.2) is 5.78 Å². The lowest BCUT2D eigenvalue weighted by atomic mass is 9.78. The van der Waals surface area contributed by atoms with Gasteiger partial charge in [-0.15, -0.1) is 0 Å². The van der Waals surface area contributed by atoms with Crippen LogP contribution in [-0.2, 0) is 19.1 Å². The van der Waals surface area contributed by atoms with Crippen LogP contribution in [0.25, 0.3) is 5.57 Å². The molecule has 0 amide bonds. The van der Waals surface area contributed by atoms with Gasteiger partial charge in [0.2, 0.25) is 0 Å². The molecule has 0 radical (unpaired) electrons. The molecule has 126 valence electrons. The van der Waals surface area contributed by atoms with Crippen LogP contribution in [0.1, 0.15) is 37.7 Å². The highest BCUT2D eigenvalue weighted by Crippen LogP contribution is 2.38. The number of carbonyl (C=O) groups excluding carboxylic acids is 2. The SMILES string of the molecule is O=C(OC1CCC2C(=O)C(c3ccc(Cl)cc3)=COC2C1)C1CC1. The summed E-state index contributed by atoms with van der Waals surface area (Å²) in [6.45, 7) is 0. The first kappa shape index (κ1) is 15.7. The van der Waals surface area contributed by atoms with Crippen molar-refractivity contribution in [3.05, 3.63) is 41.1 Å². The molecular formula is C19H19ClO4. The van der Waals surface area contributed by atoms with Crippen molar-refractivity contribution in [2.75, 3.05) is 0 Å². The van der Waals surface area contributed by atoms with Crippen molar-refractivity contribution in [2.45, 2.75) is 44.3 Å². The van der Waals surface area contributed by atoms with E-state index in [0.29, 0.717) is 23.4 Å². The third kappa shape index (κ3) is 3.07. The fourth-order valence-corrected chi connectivity index (χ4v) is 3.61. The summed E-state index contributed by atoms with van der Waals surface area (Å²) >= 11 is 5.90. The number of rotatable bonds is 3. The normalized spacial score (nSPS) is 29.3. The van der Waals surface area contributed by atoms with E-state index in [9.17, 15) is 9.59 Å². The Labute approximate surface area is 145 Å². The predicted molar refractivity (Wildman–Crippen MR) is 89.3 cm³/mol. The van der Waals surface area contributed by atoms with Crippen LogP contribution in [0.4, 0.5) is 0 Å². The number of esters is 1. The Balaban J connectivity index is 1.45. The summed E-state index contributed by atoms with van der Waals surface area (Å²) in [5, 5.41) is 0.638. The summed E-state index contributed by atoms with van der Waals surface area (Å²) in [5.74, 6) is -0.0249. The van der Waals surface area contributed by atoms with Crippen molar-refractivity contribution >= 4 is 28.9 Å². The monoisotopic (exact) mass is 346 g/mol. The number of Topliss-reactive ketones (excluding diaryl/α,β-unsaturated/α-hetero) is 1. The fourth-order valence-electron chi connectivity index (χ4n) is 3.48. The Morgan fingerprint density at radius 3 is 2.58 bits per heavy atom. The lowest BCUT2D eigenvalue weighted by Gasteiger charge is -2.37. The topological polar surface area (TPSA) is 52.6 Å². The van der Waals surface area contributed by atoms with E-state index in [-0.39, 0.29) is 35.8 Å². The molecule has 1 heterocycles. The Bertz CT molecular complexity index is 690. The molecule has 4 rings (SSSR count). The second-order valence-electron chi connectivity index (χ2n) is 6.83. The van der Waals surface area contributed by atoms with E-state index in [1.54, 1.807) is 18.4 Å². The molecule has 24 heavy (non-hydrogen) atoms. The molecule has 2 fully saturated rings. The van der Waals surface area contributed by atoms with Gasteiger partial charge < -0.3 is 9.47 Å². The number of allylic oxidation sites excluding steroid dienone is 1. The van der Waals surface area contributed by atoms with Gasteiger partial charge in [-0.05, 0) is 43.4 Å². The number of carbonyl (C=O) groups is 2. The zero-order valence-electron chi connectivity index (χ0n) is 13.2. The number of halogens is 1. The number of fused-ring (bicyclic) bond motifs is 1. The lowest BCUT2D eigenvalue weighted by Crippen LogP contribution is -2.42. The molecule has 3 aliphatic rings. The molecule has 1 aromatic rings. The molecule has 2 aliphatic carbocycles. The molecule has 0 saturated heterocycles. The average Bonchev–Trinajstić information content (AvgIpc) is 3.41. The van der Waals surface area contributed by atoms with Gasteiger partial charge in [0.05, 0.1) is 23.7 Å². The molecule has 0 spiro atoms. The molecule has 0 aromatic heterocycles. The molecular weight excluding hydrogens is 328 g/mol. The maximum atomic E-state index is 12.8. The third-order valence-corrected chi connectivity index (χ3v) is 5.31. The van der Waals surface area contributed by atoms with Crippen molar-refractivity contribution in [1.29, 1.82) is 0 Å². The summed E-state index contributed by atoms with van der Waals surface area (Å²) in [6, 6.07) is 7.20. The molecule has 0 bridgehead atoms. The average molecular weight is 347 g/mol. The van der Waals surface area contributed by atoms with Crippen molar-refractivity contribution in [3.63, 3.8) is 0 Å². The van der Waals surface area contributed by atoms with Gasteiger partial charge in [-0.3, -0.25) is 9.59 Å². The van der Waals surface area contributed by atoms with Crippen LogP contribution in [0, 0.1) is 11.8 Å². The molecule has 1 aliphatic heterocycles. The number of ether oxygens (including phenoxy) is 2. The largest absolute Gasteiger partial charge is 0.496 e. The molecule has 1 aromatic carbocycles. The summed E-state index contributed by atoms with van der Waals surface area (Å²) in [5.41, 5.74) is 1.42. The maximum Gasteiger partial charge on any atom is 0.309 e. The van der Waals surface area contributed by atoms with Crippen molar-refractivity contribution in [2.24, 2.45) is 11.8 Å². The van der Waals surface area contributed by atoms with Crippen molar-refractivity contribution < 1.29 is 19.1 Å². The highest BCUT2D eigenvalue weighted by atomic mass is 35.5. The summed E-state index contributed by atoms with van der Waals surface area (Å²) in [6.07, 6.45) is 5.13. The van der Waals surface area contributed by atoms with E-state index in [0.717, 1.165) is 24.8 Å². The van der Waals surface area contributed by atoms with Crippen LogP contribution in [0.15, 0.2) is 30.5 Å². The molecule has 3 atom stereocenters. The lowest BCUT2D eigenvalue weighted by molar-refractivity contribution is -0.156. The van der Waals surface area contributed by atoms with E-state index < -0.39 is 0 Å². The van der Waals surface area contributed by atoms with Gasteiger partial charge in [0, 0.05) is 11.4 Å². The van der Waals surface area contributed by atoms with Crippen LogP contribution in [-0.4, -0.2) is 24.0 Å². The van der Waals surface area contributed by atoms with Crippen LogP contribution < -0.4 is 0 Å². The Morgan fingerprint density at radius 1 is 1.12 bits per heavy atom. The van der Waals surface area contributed by atoms with Gasteiger partial charge in [-0.25, -0.2) is 0 Å². The van der Waals surface area contributed by atoms with Gasteiger partial charge >= 0.3 is 5.97 Å². The molecule has 0 N–H and O–H groups in total. The first-order chi connectivity index (χ1) is 11.6. The first-order valence-corrected chi connectivity index (χ1v) is 8.86. The minimum atomic E-state index is -0.195. The minimum Gasteiger partial charge on any atom is -0.496 e. The zero-order valence-corrected chi connectivity index (χ0v) is 14.0. The minimum absolute atomic E-state index is 0.0852. The van der Waals surface area contributed by atoms with Crippen LogP contribution in [0.3, 0.4) is 0 Å². The molecule has 4 nitrogen and oxygen atoms in total. The van der Waals surface area contributed by atoms with Crippen LogP contribution in [0.2, 0.25) is 5.02 Å². The number of ketones is 1. The van der Waals surface area contributed by atoms with Gasteiger partial charge in [-0.1, -0.05) is 23.7 Å². The van der Waals surface area contributed by atoms with E-state index in [1.165, 1.54) is 0 Å². The fraction of sp³-hybridized carbons (Fsp3) is 0.474. The van der Waals surface area contributed by atoms with Gasteiger partial charge in [0.25, 0.3) is 0 Å². The summed E-state index contributed by atoms with van der Waals surface area (Å²) in [7, 11) is 0. The van der Waals surface area contributed by atoms with Crippen molar-refractivity contribution in [1.82, 2.24) is 0 Å². The van der Waals surface area contributed by atoms with Crippen LogP contribution in [0.5, 0.6) is 0 Å². The Kier molecular flexibility index (Phi) is 4.09. The van der Waals surface area contributed by atoms with Crippen LogP contribution >= 0.6 is 11.6 Å². The highest BCUT2D eigenvalue weighted by Gasteiger charge is 2.42. The number of hydrogen-bond donors (Lipinski definition) is 0. The maximum absolute atomic E-state index is 12.8. The quantitative estimate of drug-likeness (QED) is 0.782. The third-order valence-electron chi connectivity index (χ3n) is 5.06.